The van der Waals surface area contributed by atoms with Crippen LogP contribution in [-0.2, 0) is 0 Å². The lowest BCUT2D eigenvalue weighted by molar-refractivity contribution is 1.12. The molecule has 4 aromatic rings. The zero-order chi connectivity index (χ0) is 13.0. The van der Waals surface area contributed by atoms with Gasteiger partial charge in [0.2, 0.25) is 5.78 Å². The van der Waals surface area contributed by atoms with Crippen LogP contribution in [0.3, 0.4) is 0 Å². The summed E-state index contributed by atoms with van der Waals surface area (Å²) in [5.41, 5.74) is 2.81. The minimum Gasteiger partial charge on any atom is -0.323 e. The molecule has 0 aliphatic rings. The van der Waals surface area contributed by atoms with Crippen LogP contribution in [0.5, 0.6) is 0 Å². The Morgan fingerprint density at radius 3 is 2.89 bits per heavy atom. The maximum atomic E-state index is 12.5. The van der Waals surface area contributed by atoms with Gasteiger partial charge in [0.15, 0.2) is 0 Å². The van der Waals surface area contributed by atoms with Gasteiger partial charge in [-0.1, -0.05) is 23.7 Å². The normalized spacial score (nSPS) is 11.6. The summed E-state index contributed by atoms with van der Waals surface area (Å²) < 4.78 is 1.56. The average molecular weight is 245 g/mol. The Labute approximate surface area is 109 Å². The van der Waals surface area contributed by atoms with E-state index in [9.17, 15) is 4.79 Å². The van der Waals surface area contributed by atoms with Crippen molar-refractivity contribution in [1.29, 1.82) is 0 Å². The van der Waals surface area contributed by atoms with Crippen LogP contribution in [0.15, 0.2) is 47.3 Å². The first-order valence-corrected chi connectivity index (χ1v) is 5.93. The Morgan fingerprint density at radius 1 is 1.16 bits per heavy atom. The molecule has 19 heavy (non-hydrogen) atoms. The first kappa shape index (κ1) is 10.4. The van der Waals surface area contributed by atoms with E-state index in [-0.39, 0.29) is 5.56 Å². The standard InChI is InChI=1S/C14H8BN3O/c15-8-5-6-11-12(7-8)18-13(19)9-3-1-2-4-10(9)16-14(18)17-11/h1-7H,(H,16,17). The van der Waals surface area contributed by atoms with Gasteiger partial charge in [0.25, 0.3) is 5.56 Å². The molecule has 2 aromatic heterocycles. The number of nitrogens with one attached hydrogen (secondary N) is 1. The number of benzene rings is 2. The van der Waals surface area contributed by atoms with Crippen molar-refractivity contribution in [2.24, 2.45) is 0 Å². The van der Waals surface area contributed by atoms with Crippen molar-refractivity contribution in [1.82, 2.24) is 14.4 Å². The fourth-order valence-corrected chi connectivity index (χ4v) is 2.40. The number of hydrogen-bond donors (Lipinski definition) is 1. The number of aromatic amines is 1. The maximum absolute atomic E-state index is 12.5. The number of rotatable bonds is 0. The van der Waals surface area contributed by atoms with Crippen LogP contribution >= 0.6 is 0 Å². The highest BCUT2D eigenvalue weighted by molar-refractivity contribution is 6.33. The highest BCUT2D eigenvalue weighted by atomic mass is 16.1. The third-order valence-corrected chi connectivity index (χ3v) is 3.28. The molecule has 0 atom stereocenters. The molecule has 5 heteroatoms. The largest absolute Gasteiger partial charge is 0.323 e. The van der Waals surface area contributed by atoms with E-state index in [1.54, 1.807) is 22.6 Å². The molecule has 88 valence electrons. The minimum atomic E-state index is -0.0857. The Hall–Kier alpha value is -2.56. The van der Waals surface area contributed by atoms with Crippen molar-refractivity contribution in [3.05, 3.63) is 52.8 Å². The molecule has 0 unspecified atom stereocenters. The van der Waals surface area contributed by atoms with Gasteiger partial charge < -0.3 is 4.98 Å². The van der Waals surface area contributed by atoms with Crippen LogP contribution in [-0.4, -0.2) is 22.2 Å². The lowest BCUT2D eigenvalue weighted by Crippen LogP contribution is -2.14. The van der Waals surface area contributed by atoms with Crippen molar-refractivity contribution >= 4 is 41.0 Å². The van der Waals surface area contributed by atoms with E-state index in [1.165, 1.54) is 0 Å². The predicted octanol–water partition coefficient (Wildman–Crippen LogP) is 1.12. The number of fused-ring (bicyclic) bond motifs is 4. The Balaban J connectivity index is 2.35. The summed E-state index contributed by atoms with van der Waals surface area (Å²) in [6, 6.07) is 12.7. The zero-order valence-corrected chi connectivity index (χ0v) is 9.92. The molecule has 0 aliphatic heterocycles. The van der Waals surface area contributed by atoms with Gasteiger partial charge in [-0.25, -0.2) is 9.38 Å². The summed E-state index contributed by atoms with van der Waals surface area (Å²) in [4.78, 5) is 20.1. The quantitative estimate of drug-likeness (QED) is 0.472. The summed E-state index contributed by atoms with van der Waals surface area (Å²) in [5.74, 6) is 0.532. The Bertz CT molecular complexity index is 1000. The van der Waals surface area contributed by atoms with Crippen molar-refractivity contribution in [2.75, 3.05) is 0 Å². The van der Waals surface area contributed by atoms with Crippen molar-refractivity contribution in [3.8, 4) is 0 Å². The highest BCUT2D eigenvalue weighted by Crippen LogP contribution is 2.14. The predicted molar refractivity (Wildman–Crippen MR) is 76.2 cm³/mol. The third kappa shape index (κ3) is 1.35. The van der Waals surface area contributed by atoms with Crippen LogP contribution in [0.1, 0.15) is 0 Å². The number of para-hydroxylation sites is 1. The van der Waals surface area contributed by atoms with Crippen molar-refractivity contribution in [3.63, 3.8) is 0 Å². The molecule has 0 bridgehead atoms. The molecule has 1 N–H and O–H groups in total. The van der Waals surface area contributed by atoms with E-state index in [4.69, 9.17) is 7.85 Å². The molecule has 4 nitrogen and oxygen atoms in total. The van der Waals surface area contributed by atoms with Crippen LogP contribution in [0, 0.1) is 0 Å². The molecule has 0 saturated carbocycles. The average Bonchev–Trinajstić information content (AvgIpc) is 2.76. The highest BCUT2D eigenvalue weighted by Gasteiger charge is 2.10. The molecule has 2 aromatic carbocycles. The third-order valence-electron chi connectivity index (χ3n) is 3.28. The van der Waals surface area contributed by atoms with Gasteiger partial charge >= 0.3 is 0 Å². The minimum absolute atomic E-state index is 0.0857. The smallest absolute Gasteiger partial charge is 0.267 e. The summed E-state index contributed by atoms with van der Waals surface area (Å²) in [6.45, 7) is 0. The molecule has 0 saturated heterocycles. The van der Waals surface area contributed by atoms with E-state index in [2.05, 4.69) is 9.97 Å². The Kier molecular flexibility index (Phi) is 1.90. The van der Waals surface area contributed by atoms with Gasteiger partial charge in [0.05, 0.1) is 21.9 Å². The lowest BCUT2D eigenvalue weighted by Gasteiger charge is -1.99. The topological polar surface area (TPSA) is 50.2 Å². The number of nitrogens with zero attached hydrogens (tertiary/aromatic N) is 2. The molecular weight excluding hydrogens is 237 g/mol. The molecule has 4 rings (SSSR count). The second-order valence-electron chi connectivity index (χ2n) is 4.49. The second-order valence-corrected chi connectivity index (χ2v) is 4.49. The van der Waals surface area contributed by atoms with Crippen LogP contribution in [0.4, 0.5) is 0 Å². The number of H-pyrrole nitrogens is 1. The van der Waals surface area contributed by atoms with E-state index in [1.807, 2.05) is 24.3 Å². The van der Waals surface area contributed by atoms with Gasteiger partial charge in [0.1, 0.15) is 7.85 Å². The van der Waals surface area contributed by atoms with E-state index in [0.717, 1.165) is 11.0 Å². The van der Waals surface area contributed by atoms with E-state index in [0.29, 0.717) is 22.1 Å². The Morgan fingerprint density at radius 2 is 2.00 bits per heavy atom. The number of hydrogen-bond acceptors (Lipinski definition) is 2. The summed E-state index contributed by atoms with van der Waals surface area (Å²) in [5, 5.41) is 0.600. The first-order valence-electron chi connectivity index (χ1n) is 5.93. The van der Waals surface area contributed by atoms with Gasteiger partial charge in [-0.05, 0) is 24.3 Å². The second kappa shape index (κ2) is 3.48. The van der Waals surface area contributed by atoms with Crippen molar-refractivity contribution in [2.45, 2.75) is 0 Å². The molecule has 2 heterocycles. The molecule has 0 fully saturated rings. The SMILES string of the molecule is [B]c1ccc2[nH]c3nc4ccccc4c(=O)n3c2c1. The molecule has 0 spiro atoms. The van der Waals surface area contributed by atoms with Gasteiger partial charge in [0, 0.05) is 0 Å². The fourth-order valence-electron chi connectivity index (χ4n) is 2.40. The lowest BCUT2D eigenvalue weighted by atomic mass is 9.96. The number of imidazole rings is 1. The van der Waals surface area contributed by atoms with E-state index >= 15 is 0 Å². The monoisotopic (exact) mass is 245 g/mol. The van der Waals surface area contributed by atoms with Gasteiger partial charge in [-0.3, -0.25) is 4.79 Å². The maximum Gasteiger partial charge on any atom is 0.267 e. The summed E-state index contributed by atoms with van der Waals surface area (Å²) >= 11 is 0. The number of aromatic nitrogens is 3. The fraction of sp³-hybridized carbons (Fsp3) is 0. The van der Waals surface area contributed by atoms with Gasteiger partial charge in [-0.15, -0.1) is 0 Å². The van der Waals surface area contributed by atoms with E-state index < -0.39 is 0 Å². The van der Waals surface area contributed by atoms with Crippen LogP contribution < -0.4 is 11.0 Å². The van der Waals surface area contributed by atoms with Crippen molar-refractivity contribution < 1.29 is 0 Å². The molecule has 0 aliphatic carbocycles. The molecular formula is C14H8BN3O. The summed E-state index contributed by atoms with van der Waals surface area (Å²) in [6.07, 6.45) is 0. The van der Waals surface area contributed by atoms with Crippen LogP contribution in [0.25, 0.3) is 27.7 Å². The van der Waals surface area contributed by atoms with Gasteiger partial charge in [-0.2, -0.15) is 0 Å². The first-order chi connectivity index (χ1) is 9.24. The van der Waals surface area contributed by atoms with Crippen LogP contribution in [0.2, 0.25) is 0 Å². The summed E-state index contributed by atoms with van der Waals surface area (Å²) in [7, 11) is 5.79. The molecule has 2 radical (unpaired) electrons. The zero-order valence-electron chi connectivity index (χ0n) is 9.92. The molecule has 0 amide bonds.